The Hall–Kier alpha value is -2.49. The van der Waals surface area contributed by atoms with Crippen molar-refractivity contribution < 1.29 is 9.59 Å². The second-order valence-electron chi connectivity index (χ2n) is 4.84. The Kier molecular flexibility index (Phi) is 3.06. The molecule has 4 nitrogen and oxygen atoms in total. The van der Waals surface area contributed by atoms with Crippen molar-refractivity contribution in [1.82, 2.24) is 4.98 Å². The molecule has 1 aliphatic rings. The number of ketones is 1. The number of aryl methyl sites for hydroxylation is 1. The Morgan fingerprint density at radius 1 is 1.20 bits per heavy atom. The standard InChI is InChI=1S/C16H14N2O2/c1-11-3-2-4-13-14(19)7-10-18(15(11)13)16(20)12-5-8-17-9-6-12/h2-6,8-9H,7,10H2,1H3. The third-order valence-electron chi connectivity index (χ3n) is 3.54. The molecule has 4 heteroatoms. The average Bonchev–Trinajstić information content (AvgIpc) is 2.49. The number of Topliss-reactive ketones (excluding diaryl/α,β-unsaturated/α-hetero) is 1. The van der Waals surface area contributed by atoms with Crippen molar-refractivity contribution in [3.8, 4) is 0 Å². The number of hydrogen-bond donors (Lipinski definition) is 0. The zero-order valence-corrected chi connectivity index (χ0v) is 11.2. The Morgan fingerprint density at radius 3 is 2.70 bits per heavy atom. The third kappa shape index (κ3) is 1.99. The molecule has 0 saturated heterocycles. The van der Waals surface area contributed by atoms with Crippen LogP contribution in [-0.2, 0) is 0 Å². The van der Waals surface area contributed by atoms with Gasteiger partial charge in [-0.25, -0.2) is 0 Å². The highest BCUT2D eigenvalue weighted by atomic mass is 16.2. The quantitative estimate of drug-likeness (QED) is 0.797. The van der Waals surface area contributed by atoms with Crippen molar-refractivity contribution in [3.63, 3.8) is 0 Å². The summed E-state index contributed by atoms with van der Waals surface area (Å²) in [7, 11) is 0. The van der Waals surface area contributed by atoms with Gasteiger partial charge in [0.05, 0.1) is 5.69 Å². The van der Waals surface area contributed by atoms with Crippen LogP contribution in [0.15, 0.2) is 42.7 Å². The van der Waals surface area contributed by atoms with Crippen molar-refractivity contribution in [1.29, 1.82) is 0 Å². The Morgan fingerprint density at radius 2 is 1.95 bits per heavy atom. The molecule has 3 rings (SSSR count). The average molecular weight is 266 g/mol. The second kappa shape index (κ2) is 4.89. The van der Waals surface area contributed by atoms with Crippen LogP contribution in [0.25, 0.3) is 0 Å². The van der Waals surface area contributed by atoms with E-state index in [0.29, 0.717) is 24.1 Å². The van der Waals surface area contributed by atoms with Crippen LogP contribution in [0.5, 0.6) is 0 Å². The molecule has 0 spiro atoms. The van der Waals surface area contributed by atoms with E-state index in [4.69, 9.17) is 0 Å². The first kappa shape index (κ1) is 12.5. The monoisotopic (exact) mass is 266 g/mol. The summed E-state index contributed by atoms with van der Waals surface area (Å²) in [6.45, 7) is 2.35. The molecule has 20 heavy (non-hydrogen) atoms. The van der Waals surface area contributed by atoms with Gasteiger partial charge < -0.3 is 4.90 Å². The molecular formula is C16H14N2O2. The van der Waals surface area contributed by atoms with Crippen LogP contribution in [0.4, 0.5) is 5.69 Å². The third-order valence-corrected chi connectivity index (χ3v) is 3.54. The number of aromatic nitrogens is 1. The zero-order chi connectivity index (χ0) is 14.1. The Balaban J connectivity index is 2.07. The largest absolute Gasteiger partial charge is 0.307 e. The summed E-state index contributed by atoms with van der Waals surface area (Å²) in [5, 5.41) is 0. The summed E-state index contributed by atoms with van der Waals surface area (Å²) in [5.74, 6) is 0.0120. The highest BCUT2D eigenvalue weighted by Gasteiger charge is 2.28. The summed E-state index contributed by atoms with van der Waals surface area (Å²) in [5.41, 5.74) is 2.91. The van der Waals surface area contributed by atoms with E-state index in [9.17, 15) is 9.59 Å². The predicted molar refractivity (Wildman–Crippen MR) is 76.0 cm³/mol. The molecule has 100 valence electrons. The molecule has 2 heterocycles. The number of anilines is 1. The fraction of sp³-hybridized carbons (Fsp3) is 0.188. The van der Waals surface area contributed by atoms with E-state index < -0.39 is 0 Å². The van der Waals surface area contributed by atoms with Gasteiger partial charge in [0, 0.05) is 36.5 Å². The fourth-order valence-electron chi connectivity index (χ4n) is 2.56. The van der Waals surface area contributed by atoms with Crippen molar-refractivity contribution in [2.24, 2.45) is 0 Å². The van der Waals surface area contributed by atoms with E-state index >= 15 is 0 Å². The van der Waals surface area contributed by atoms with Crippen molar-refractivity contribution in [2.75, 3.05) is 11.4 Å². The minimum atomic E-state index is -0.0875. The normalized spacial score (nSPS) is 14.1. The van der Waals surface area contributed by atoms with Crippen molar-refractivity contribution in [2.45, 2.75) is 13.3 Å². The van der Waals surface area contributed by atoms with E-state index in [1.165, 1.54) is 0 Å². The zero-order valence-electron chi connectivity index (χ0n) is 11.2. The SMILES string of the molecule is Cc1cccc2c1N(C(=O)c1ccncc1)CCC2=O. The van der Waals surface area contributed by atoms with E-state index in [1.54, 1.807) is 35.5 Å². The number of benzene rings is 1. The van der Waals surface area contributed by atoms with E-state index in [2.05, 4.69) is 4.98 Å². The molecule has 1 aliphatic heterocycles. The topological polar surface area (TPSA) is 50.3 Å². The molecule has 1 amide bonds. The van der Waals surface area contributed by atoms with Gasteiger partial charge in [0.15, 0.2) is 5.78 Å². The van der Waals surface area contributed by atoms with Gasteiger partial charge in [0.25, 0.3) is 5.91 Å². The number of fused-ring (bicyclic) bond motifs is 1. The van der Waals surface area contributed by atoms with Gasteiger partial charge in [-0.2, -0.15) is 0 Å². The van der Waals surface area contributed by atoms with Crippen LogP contribution in [0.1, 0.15) is 32.7 Å². The maximum Gasteiger partial charge on any atom is 0.258 e. The summed E-state index contributed by atoms with van der Waals surface area (Å²) in [4.78, 5) is 30.2. The second-order valence-corrected chi connectivity index (χ2v) is 4.84. The Bertz CT molecular complexity index is 680. The molecule has 0 unspecified atom stereocenters. The molecule has 1 aromatic heterocycles. The minimum Gasteiger partial charge on any atom is -0.307 e. The van der Waals surface area contributed by atoms with Crippen molar-refractivity contribution in [3.05, 3.63) is 59.4 Å². The first-order valence-corrected chi connectivity index (χ1v) is 6.53. The summed E-state index contributed by atoms with van der Waals surface area (Å²) < 4.78 is 0. The summed E-state index contributed by atoms with van der Waals surface area (Å²) >= 11 is 0. The van der Waals surface area contributed by atoms with Gasteiger partial charge in [-0.15, -0.1) is 0 Å². The summed E-state index contributed by atoms with van der Waals surface area (Å²) in [6.07, 6.45) is 3.56. The molecule has 0 saturated carbocycles. The van der Waals surface area contributed by atoms with Gasteiger partial charge >= 0.3 is 0 Å². The van der Waals surface area contributed by atoms with Crippen LogP contribution >= 0.6 is 0 Å². The number of hydrogen-bond acceptors (Lipinski definition) is 3. The first-order valence-electron chi connectivity index (χ1n) is 6.53. The molecule has 2 aromatic rings. The summed E-state index contributed by atoms with van der Waals surface area (Å²) in [6, 6.07) is 8.95. The number of amides is 1. The predicted octanol–water partition coefficient (Wildman–Crippen LogP) is 2.62. The number of para-hydroxylation sites is 1. The van der Waals surface area contributed by atoms with E-state index in [0.717, 1.165) is 11.3 Å². The van der Waals surface area contributed by atoms with Crippen LogP contribution in [0.3, 0.4) is 0 Å². The smallest absolute Gasteiger partial charge is 0.258 e. The fourth-order valence-corrected chi connectivity index (χ4v) is 2.56. The number of nitrogens with zero attached hydrogens (tertiary/aromatic N) is 2. The van der Waals surface area contributed by atoms with Crippen LogP contribution < -0.4 is 4.90 Å². The lowest BCUT2D eigenvalue weighted by Crippen LogP contribution is -2.38. The number of carbonyl (C=O) groups excluding carboxylic acids is 2. The van der Waals surface area contributed by atoms with Gasteiger partial charge in [-0.1, -0.05) is 12.1 Å². The van der Waals surface area contributed by atoms with Gasteiger partial charge in [0.1, 0.15) is 0 Å². The molecule has 0 radical (unpaired) electrons. The van der Waals surface area contributed by atoms with E-state index in [-0.39, 0.29) is 11.7 Å². The van der Waals surface area contributed by atoms with E-state index in [1.807, 2.05) is 19.1 Å². The highest BCUT2D eigenvalue weighted by molar-refractivity contribution is 6.13. The molecular weight excluding hydrogens is 252 g/mol. The minimum absolute atomic E-state index is 0.0875. The first-order chi connectivity index (χ1) is 9.68. The maximum absolute atomic E-state index is 12.6. The maximum atomic E-state index is 12.6. The van der Waals surface area contributed by atoms with Crippen LogP contribution in [0, 0.1) is 6.92 Å². The number of pyridine rings is 1. The van der Waals surface area contributed by atoms with Gasteiger partial charge in [0.2, 0.25) is 0 Å². The molecule has 0 fully saturated rings. The lowest BCUT2D eigenvalue weighted by atomic mass is 9.96. The number of carbonyl (C=O) groups is 2. The molecule has 0 atom stereocenters. The van der Waals surface area contributed by atoms with Gasteiger partial charge in [-0.05, 0) is 30.7 Å². The molecule has 0 bridgehead atoms. The molecule has 1 aromatic carbocycles. The van der Waals surface area contributed by atoms with Crippen LogP contribution in [0.2, 0.25) is 0 Å². The van der Waals surface area contributed by atoms with Gasteiger partial charge in [-0.3, -0.25) is 14.6 Å². The molecule has 0 N–H and O–H groups in total. The molecule has 0 aliphatic carbocycles. The van der Waals surface area contributed by atoms with Crippen LogP contribution in [-0.4, -0.2) is 23.2 Å². The van der Waals surface area contributed by atoms with Crippen molar-refractivity contribution >= 4 is 17.4 Å². The highest BCUT2D eigenvalue weighted by Crippen LogP contribution is 2.31. The lowest BCUT2D eigenvalue weighted by molar-refractivity contribution is 0.0955. The lowest BCUT2D eigenvalue weighted by Gasteiger charge is -2.30. The Labute approximate surface area is 117 Å². The number of rotatable bonds is 1.